The molecule has 1 atom stereocenters. The second-order valence-electron chi connectivity index (χ2n) is 7.31. The molecule has 0 bridgehead atoms. The van der Waals surface area contributed by atoms with Crippen LogP contribution in [-0.4, -0.2) is 39.8 Å². The average molecular weight is 478 g/mol. The van der Waals surface area contributed by atoms with E-state index in [1.54, 1.807) is 4.72 Å². The lowest BCUT2D eigenvalue weighted by molar-refractivity contribution is -0.137. The van der Waals surface area contributed by atoms with E-state index < -0.39 is 50.6 Å². The fraction of sp³-hybridized carbons (Fsp3) is 0.350. The van der Waals surface area contributed by atoms with Crippen LogP contribution in [0.1, 0.15) is 28.8 Å². The quantitative estimate of drug-likeness (QED) is 0.641. The molecule has 0 radical (unpaired) electrons. The highest BCUT2D eigenvalue weighted by Crippen LogP contribution is 2.33. The zero-order chi connectivity index (χ0) is 23.7. The zero-order valence-electron chi connectivity index (χ0n) is 16.7. The standard InChI is InChI=1S/C20H19F5N2O4S/c1-32(29,30)26-19(28)15-9-17(22)18(10-16(15)21)31-11-14-3-2-8-27(14)13-6-4-12(5-7-13)20(23,24)25/h4-7,9-10,14H,2-3,8,11H2,1H3,(H,26,28)/t14-/m1/s1. The van der Waals surface area contributed by atoms with Gasteiger partial charge in [0.05, 0.1) is 23.4 Å². The summed E-state index contributed by atoms with van der Waals surface area (Å²) in [6, 6.07) is 5.52. The lowest BCUT2D eigenvalue weighted by Crippen LogP contribution is -2.34. The van der Waals surface area contributed by atoms with Gasteiger partial charge in [0.2, 0.25) is 10.0 Å². The topological polar surface area (TPSA) is 75.7 Å². The highest BCUT2D eigenvalue weighted by Gasteiger charge is 2.31. The number of nitrogens with zero attached hydrogens (tertiary/aromatic N) is 1. The van der Waals surface area contributed by atoms with Gasteiger partial charge in [0, 0.05) is 18.3 Å². The van der Waals surface area contributed by atoms with Gasteiger partial charge in [-0.25, -0.2) is 21.9 Å². The largest absolute Gasteiger partial charge is 0.488 e. The third kappa shape index (κ3) is 5.67. The van der Waals surface area contributed by atoms with Crippen molar-refractivity contribution in [2.75, 3.05) is 24.3 Å². The van der Waals surface area contributed by atoms with Gasteiger partial charge in [0.1, 0.15) is 12.4 Å². The number of hydrogen-bond acceptors (Lipinski definition) is 5. The van der Waals surface area contributed by atoms with E-state index in [0.717, 1.165) is 18.6 Å². The molecule has 1 amide bonds. The minimum absolute atomic E-state index is 0.0771. The summed E-state index contributed by atoms with van der Waals surface area (Å²) in [5, 5.41) is 0. The summed E-state index contributed by atoms with van der Waals surface area (Å²) in [7, 11) is -3.96. The van der Waals surface area contributed by atoms with Crippen molar-refractivity contribution in [1.29, 1.82) is 0 Å². The van der Waals surface area contributed by atoms with Crippen molar-refractivity contribution in [3.8, 4) is 5.75 Å². The Morgan fingerprint density at radius 2 is 1.81 bits per heavy atom. The number of alkyl halides is 3. The van der Waals surface area contributed by atoms with Crippen LogP contribution in [0.5, 0.6) is 5.75 Å². The van der Waals surface area contributed by atoms with Crippen LogP contribution in [0.4, 0.5) is 27.6 Å². The van der Waals surface area contributed by atoms with E-state index in [9.17, 15) is 35.2 Å². The number of nitrogens with one attached hydrogen (secondary N) is 1. The van der Waals surface area contributed by atoms with Gasteiger partial charge in [0.15, 0.2) is 11.6 Å². The Morgan fingerprint density at radius 3 is 2.41 bits per heavy atom. The van der Waals surface area contributed by atoms with Crippen molar-refractivity contribution in [3.05, 3.63) is 59.2 Å². The summed E-state index contributed by atoms with van der Waals surface area (Å²) in [5.41, 5.74) is -1.03. The number of carbonyl (C=O) groups excluding carboxylic acids is 1. The molecule has 3 rings (SSSR count). The molecule has 0 unspecified atom stereocenters. The first kappa shape index (κ1) is 23.8. The first-order valence-corrected chi connectivity index (χ1v) is 11.3. The van der Waals surface area contributed by atoms with Crippen molar-refractivity contribution in [3.63, 3.8) is 0 Å². The molecule has 1 saturated heterocycles. The molecular formula is C20H19F5N2O4S. The lowest BCUT2D eigenvalue weighted by Gasteiger charge is -2.27. The van der Waals surface area contributed by atoms with Gasteiger partial charge >= 0.3 is 6.18 Å². The van der Waals surface area contributed by atoms with E-state index in [4.69, 9.17) is 4.74 Å². The molecule has 0 spiro atoms. The van der Waals surface area contributed by atoms with Gasteiger partial charge < -0.3 is 9.64 Å². The van der Waals surface area contributed by atoms with Gasteiger partial charge in [0.25, 0.3) is 5.91 Å². The molecule has 12 heteroatoms. The van der Waals surface area contributed by atoms with Crippen LogP contribution in [0.2, 0.25) is 0 Å². The summed E-state index contributed by atoms with van der Waals surface area (Å²) < 4.78 is 96.0. The summed E-state index contributed by atoms with van der Waals surface area (Å²) in [4.78, 5) is 13.6. The molecule has 0 aliphatic carbocycles. The number of halogens is 5. The van der Waals surface area contributed by atoms with Crippen molar-refractivity contribution in [1.82, 2.24) is 4.72 Å². The molecule has 1 heterocycles. The van der Waals surface area contributed by atoms with E-state index in [-0.39, 0.29) is 12.6 Å². The van der Waals surface area contributed by atoms with E-state index in [2.05, 4.69) is 0 Å². The summed E-state index contributed by atoms with van der Waals surface area (Å²) >= 11 is 0. The number of amides is 1. The average Bonchev–Trinajstić information content (AvgIpc) is 3.15. The minimum atomic E-state index is -4.45. The highest BCUT2D eigenvalue weighted by atomic mass is 32.2. The Bertz CT molecular complexity index is 1100. The highest BCUT2D eigenvalue weighted by molar-refractivity contribution is 7.89. The van der Waals surface area contributed by atoms with Gasteiger partial charge in [-0.3, -0.25) is 4.79 Å². The number of rotatable bonds is 6. The first-order chi connectivity index (χ1) is 14.8. The van der Waals surface area contributed by atoms with Crippen LogP contribution < -0.4 is 14.4 Å². The molecule has 1 aliphatic rings. The van der Waals surface area contributed by atoms with Crippen molar-refractivity contribution in [2.24, 2.45) is 0 Å². The Kier molecular flexibility index (Phi) is 6.63. The Morgan fingerprint density at radius 1 is 1.16 bits per heavy atom. The molecule has 174 valence electrons. The lowest BCUT2D eigenvalue weighted by atomic mass is 10.1. The number of benzene rings is 2. The third-order valence-corrected chi connectivity index (χ3v) is 5.44. The molecule has 2 aromatic carbocycles. The summed E-state index contributed by atoms with van der Waals surface area (Å²) in [5.74, 6) is -4.03. The first-order valence-electron chi connectivity index (χ1n) is 9.43. The van der Waals surface area contributed by atoms with Crippen LogP contribution in [0.3, 0.4) is 0 Å². The molecular weight excluding hydrogens is 459 g/mol. The van der Waals surface area contributed by atoms with Crippen LogP contribution in [-0.2, 0) is 16.2 Å². The summed E-state index contributed by atoms with van der Waals surface area (Å²) in [6.45, 7) is 0.479. The summed E-state index contributed by atoms with van der Waals surface area (Å²) in [6.07, 6.45) is -2.39. The van der Waals surface area contributed by atoms with E-state index in [1.165, 1.54) is 12.1 Å². The Balaban J connectivity index is 1.70. The van der Waals surface area contributed by atoms with Gasteiger partial charge in [-0.2, -0.15) is 13.2 Å². The maximum atomic E-state index is 14.3. The minimum Gasteiger partial charge on any atom is -0.488 e. The number of anilines is 1. The van der Waals surface area contributed by atoms with Crippen LogP contribution in [0.15, 0.2) is 36.4 Å². The maximum absolute atomic E-state index is 14.3. The molecule has 32 heavy (non-hydrogen) atoms. The molecule has 0 saturated carbocycles. The molecule has 1 aliphatic heterocycles. The van der Waals surface area contributed by atoms with Crippen LogP contribution in [0, 0.1) is 11.6 Å². The van der Waals surface area contributed by atoms with E-state index in [1.807, 2.05) is 4.90 Å². The fourth-order valence-electron chi connectivity index (χ4n) is 3.41. The number of carbonyl (C=O) groups is 1. The van der Waals surface area contributed by atoms with Crippen molar-refractivity contribution >= 4 is 21.6 Å². The second kappa shape index (κ2) is 8.93. The molecule has 6 nitrogen and oxygen atoms in total. The Hall–Kier alpha value is -2.89. The smallest absolute Gasteiger partial charge is 0.416 e. The molecule has 1 N–H and O–H groups in total. The van der Waals surface area contributed by atoms with Gasteiger partial charge in [-0.1, -0.05) is 0 Å². The zero-order valence-corrected chi connectivity index (χ0v) is 17.6. The van der Waals surface area contributed by atoms with Crippen molar-refractivity contribution in [2.45, 2.75) is 25.1 Å². The number of ether oxygens (including phenoxy) is 1. The fourth-order valence-corrected chi connectivity index (χ4v) is 3.86. The predicted molar refractivity (Wildman–Crippen MR) is 106 cm³/mol. The van der Waals surface area contributed by atoms with Crippen LogP contribution in [0.25, 0.3) is 0 Å². The molecule has 2 aromatic rings. The predicted octanol–water partition coefficient (Wildman–Crippen LogP) is 3.72. The van der Waals surface area contributed by atoms with Crippen LogP contribution >= 0.6 is 0 Å². The number of sulfonamides is 1. The molecule has 0 aromatic heterocycles. The van der Waals surface area contributed by atoms with E-state index >= 15 is 0 Å². The third-order valence-electron chi connectivity index (χ3n) is 4.88. The van der Waals surface area contributed by atoms with E-state index in [0.29, 0.717) is 37.0 Å². The molecule has 1 fully saturated rings. The second-order valence-corrected chi connectivity index (χ2v) is 9.06. The SMILES string of the molecule is CS(=O)(=O)NC(=O)c1cc(F)c(OC[C@H]2CCCN2c2ccc(C(F)(F)F)cc2)cc1F. The van der Waals surface area contributed by atoms with Gasteiger partial charge in [-0.05, 0) is 43.2 Å². The van der Waals surface area contributed by atoms with Gasteiger partial charge in [-0.15, -0.1) is 0 Å². The monoisotopic (exact) mass is 478 g/mol. The maximum Gasteiger partial charge on any atom is 0.416 e. The Labute approximate surface area is 181 Å². The normalized spacial score (nSPS) is 16.8. The van der Waals surface area contributed by atoms with Crippen molar-refractivity contribution < 1.29 is 39.9 Å². The number of hydrogen-bond donors (Lipinski definition) is 1.